The highest BCUT2D eigenvalue weighted by Gasteiger charge is 2.16. The maximum Gasteiger partial charge on any atom is 0.300 e. The summed E-state index contributed by atoms with van der Waals surface area (Å²) in [6, 6.07) is 2.45. The zero-order chi connectivity index (χ0) is 10.0. The molecule has 0 saturated carbocycles. The van der Waals surface area contributed by atoms with Gasteiger partial charge in [-0.25, -0.2) is 4.85 Å². The van der Waals surface area contributed by atoms with E-state index in [-0.39, 0.29) is 11.4 Å². The lowest BCUT2D eigenvalue weighted by Crippen LogP contribution is -1.89. The van der Waals surface area contributed by atoms with Crippen molar-refractivity contribution in [2.45, 2.75) is 6.92 Å². The minimum atomic E-state index is -0.711. The number of rotatable bonds is 1. The van der Waals surface area contributed by atoms with Gasteiger partial charge in [-0.3, -0.25) is 10.1 Å². The summed E-state index contributed by atoms with van der Waals surface area (Å²) in [6.45, 7) is 8.18. The van der Waals surface area contributed by atoms with Crippen molar-refractivity contribution in [2.75, 3.05) is 0 Å². The van der Waals surface area contributed by atoms with E-state index in [1.54, 1.807) is 0 Å². The van der Waals surface area contributed by atoms with E-state index in [0.29, 0.717) is 5.56 Å². The van der Waals surface area contributed by atoms with E-state index in [2.05, 4.69) is 4.85 Å². The number of nitro benzene ring substituents is 1. The van der Waals surface area contributed by atoms with Crippen LogP contribution in [0, 0.1) is 23.6 Å². The molecule has 0 bridgehead atoms. The van der Waals surface area contributed by atoms with E-state index in [0.717, 1.165) is 6.07 Å². The molecule has 0 spiro atoms. The summed E-state index contributed by atoms with van der Waals surface area (Å²) in [5.41, 5.74) is 0.0631. The highest BCUT2D eigenvalue weighted by molar-refractivity contribution is 5.62. The monoisotopic (exact) mass is 178 g/mol. The maximum absolute atomic E-state index is 10.4. The first kappa shape index (κ1) is 9.00. The van der Waals surface area contributed by atoms with E-state index < -0.39 is 10.6 Å². The third kappa shape index (κ3) is 1.56. The van der Waals surface area contributed by atoms with Gasteiger partial charge in [-0.15, -0.1) is 0 Å². The van der Waals surface area contributed by atoms with E-state index in [1.807, 2.05) is 0 Å². The van der Waals surface area contributed by atoms with Crippen molar-refractivity contribution in [1.82, 2.24) is 0 Å². The second-order valence-corrected chi connectivity index (χ2v) is 2.50. The fourth-order valence-corrected chi connectivity index (χ4v) is 0.946. The number of phenols is 1. The van der Waals surface area contributed by atoms with Crippen LogP contribution in [0.15, 0.2) is 12.1 Å². The lowest BCUT2D eigenvalue weighted by Gasteiger charge is -1.99. The largest absolute Gasteiger partial charge is 0.502 e. The van der Waals surface area contributed by atoms with Crippen LogP contribution in [-0.4, -0.2) is 10.0 Å². The molecule has 0 unspecified atom stereocenters. The van der Waals surface area contributed by atoms with Crippen LogP contribution >= 0.6 is 0 Å². The number of hydrogen-bond acceptors (Lipinski definition) is 3. The van der Waals surface area contributed by atoms with Crippen LogP contribution in [0.1, 0.15) is 5.56 Å². The third-order valence-corrected chi connectivity index (χ3v) is 1.59. The average molecular weight is 178 g/mol. The first-order valence-electron chi connectivity index (χ1n) is 3.41. The van der Waals surface area contributed by atoms with Crippen LogP contribution < -0.4 is 0 Å². The molecule has 0 radical (unpaired) electrons. The Morgan fingerprint density at radius 1 is 1.62 bits per heavy atom. The van der Waals surface area contributed by atoms with Crippen molar-refractivity contribution in [3.8, 4) is 5.75 Å². The molecule has 5 heteroatoms. The van der Waals surface area contributed by atoms with Gasteiger partial charge in [0.15, 0.2) is 11.4 Å². The first-order valence-corrected chi connectivity index (χ1v) is 3.41. The van der Waals surface area contributed by atoms with Gasteiger partial charge in [0.05, 0.1) is 11.5 Å². The summed E-state index contributed by atoms with van der Waals surface area (Å²) in [6.07, 6.45) is 0. The SMILES string of the molecule is [C-]#[N+]c1cc(C)c(O)c([N+](=O)[O-])c1. The lowest BCUT2D eigenvalue weighted by molar-refractivity contribution is -0.385. The highest BCUT2D eigenvalue weighted by atomic mass is 16.6. The Bertz CT molecular complexity index is 407. The normalized spacial score (nSPS) is 9.23. The molecule has 66 valence electrons. The van der Waals surface area contributed by atoms with Crippen LogP contribution in [-0.2, 0) is 0 Å². The molecule has 0 saturated heterocycles. The summed E-state index contributed by atoms with van der Waals surface area (Å²) < 4.78 is 0. The Labute approximate surface area is 74.2 Å². The smallest absolute Gasteiger partial charge is 0.300 e. The second-order valence-electron chi connectivity index (χ2n) is 2.50. The number of aromatic hydroxyl groups is 1. The molecule has 5 nitrogen and oxygen atoms in total. The number of hydrogen-bond donors (Lipinski definition) is 1. The molecule has 0 heterocycles. The number of nitro groups is 1. The van der Waals surface area contributed by atoms with Gasteiger partial charge in [0.25, 0.3) is 0 Å². The molecule has 0 atom stereocenters. The third-order valence-electron chi connectivity index (χ3n) is 1.59. The van der Waals surface area contributed by atoms with Crippen molar-refractivity contribution in [2.24, 2.45) is 0 Å². The molecule has 0 aliphatic rings. The Balaban J connectivity index is 3.44. The number of aryl methyl sites for hydroxylation is 1. The molecule has 0 aliphatic heterocycles. The molecule has 1 N–H and O–H groups in total. The van der Waals surface area contributed by atoms with Gasteiger partial charge in [0, 0.05) is 6.07 Å². The summed E-state index contributed by atoms with van der Waals surface area (Å²) in [7, 11) is 0. The molecule has 0 aromatic heterocycles. The minimum absolute atomic E-state index is 0.155. The first-order chi connectivity index (χ1) is 6.06. The van der Waals surface area contributed by atoms with Gasteiger partial charge in [0.1, 0.15) is 0 Å². The van der Waals surface area contributed by atoms with Gasteiger partial charge in [-0.1, -0.05) is 0 Å². The van der Waals surface area contributed by atoms with Crippen LogP contribution in [0.25, 0.3) is 4.85 Å². The van der Waals surface area contributed by atoms with Gasteiger partial charge in [-0.05, 0) is 18.6 Å². The van der Waals surface area contributed by atoms with E-state index in [4.69, 9.17) is 6.57 Å². The number of benzene rings is 1. The maximum atomic E-state index is 10.4. The molecule has 0 aliphatic carbocycles. The van der Waals surface area contributed by atoms with E-state index in [1.165, 1.54) is 13.0 Å². The van der Waals surface area contributed by atoms with Gasteiger partial charge >= 0.3 is 5.69 Å². The predicted octanol–water partition coefficient (Wildman–Crippen LogP) is 2.16. The van der Waals surface area contributed by atoms with Crippen molar-refractivity contribution in [1.29, 1.82) is 0 Å². The Hall–Kier alpha value is -2.09. The van der Waals surface area contributed by atoms with Crippen molar-refractivity contribution < 1.29 is 10.0 Å². The van der Waals surface area contributed by atoms with Gasteiger partial charge < -0.3 is 5.11 Å². The van der Waals surface area contributed by atoms with Crippen LogP contribution in [0.3, 0.4) is 0 Å². The molecule has 0 amide bonds. The number of nitrogens with zero attached hydrogens (tertiary/aromatic N) is 2. The van der Waals surface area contributed by atoms with Gasteiger partial charge in [-0.2, -0.15) is 0 Å². The Kier molecular flexibility index (Phi) is 2.15. The van der Waals surface area contributed by atoms with E-state index >= 15 is 0 Å². The molecule has 1 aromatic carbocycles. The lowest BCUT2D eigenvalue weighted by atomic mass is 10.2. The molecule has 0 fully saturated rings. The van der Waals surface area contributed by atoms with Crippen LogP contribution in [0.2, 0.25) is 0 Å². The average Bonchev–Trinajstić information content (AvgIpc) is 2.09. The fourth-order valence-electron chi connectivity index (χ4n) is 0.946. The van der Waals surface area contributed by atoms with Crippen molar-refractivity contribution in [3.05, 3.63) is 39.2 Å². The second kappa shape index (κ2) is 3.11. The summed E-state index contributed by atoms with van der Waals surface area (Å²) in [5.74, 6) is -0.377. The molecule has 13 heavy (non-hydrogen) atoms. The molecular weight excluding hydrogens is 172 g/mol. The molecule has 1 rings (SSSR count). The topological polar surface area (TPSA) is 67.7 Å². The standard InChI is InChI=1S/C8H6N2O3/c1-5-3-6(9-2)4-7(8(5)11)10(12)13/h3-4,11H,1H3. The summed E-state index contributed by atoms with van der Waals surface area (Å²) >= 11 is 0. The Morgan fingerprint density at radius 3 is 2.69 bits per heavy atom. The zero-order valence-electron chi connectivity index (χ0n) is 6.81. The minimum Gasteiger partial charge on any atom is -0.502 e. The van der Waals surface area contributed by atoms with Crippen LogP contribution in [0.4, 0.5) is 11.4 Å². The quantitative estimate of drug-likeness (QED) is 0.407. The van der Waals surface area contributed by atoms with E-state index in [9.17, 15) is 15.2 Å². The van der Waals surface area contributed by atoms with Crippen molar-refractivity contribution in [3.63, 3.8) is 0 Å². The fraction of sp³-hybridized carbons (Fsp3) is 0.125. The zero-order valence-corrected chi connectivity index (χ0v) is 6.81. The van der Waals surface area contributed by atoms with Crippen LogP contribution in [0.5, 0.6) is 5.75 Å². The van der Waals surface area contributed by atoms with Crippen molar-refractivity contribution >= 4 is 11.4 Å². The Morgan fingerprint density at radius 2 is 2.23 bits per heavy atom. The molecular formula is C8H6N2O3. The highest BCUT2D eigenvalue weighted by Crippen LogP contribution is 2.33. The molecule has 1 aromatic rings. The summed E-state index contributed by atoms with van der Waals surface area (Å²) in [4.78, 5) is 12.7. The number of phenolic OH excluding ortho intramolecular Hbond substituents is 1. The predicted molar refractivity (Wildman–Crippen MR) is 45.8 cm³/mol. The van der Waals surface area contributed by atoms with Gasteiger partial charge in [0.2, 0.25) is 0 Å². The summed E-state index contributed by atoms with van der Waals surface area (Å²) in [5, 5.41) is 19.6.